The molecule has 0 fully saturated rings. The van der Waals surface area contributed by atoms with Crippen molar-refractivity contribution in [3.63, 3.8) is 0 Å². The average Bonchev–Trinajstić information content (AvgIpc) is 3.07. The van der Waals surface area contributed by atoms with Gasteiger partial charge in [-0.2, -0.15) is 10.4 Å². The van der Waals surface area contributed by atoms with Crippen LogP contribution in [0.25, 0.3) is 17.1 Å². The highest BCUT2D eigenvalue weighted by Gasteiger charge is 2.19. The summed E-state index contributed by atoms with van der Waals surface area (Å²) in [7, 11) is 0. The summed E-state index contributed by atoms with van der Waals surface area (Å²) >= 11 is 0. The minimum atomic E-state index is 0.278. The molecule has 0 unspecified atom stereocenters. The third-order valence-electron chi connectivity index (χ3n) is 2.69. The van der Waals surface area contributed by atoms with E-state index in [1.807, 2.05) is 0 Å². The van der Waals surface area contributed by atoms with Gasteiger partial charge in [0.05, 0.1) is 12.0 Å². The van der Waals surface area contributed by atoms with E-state index in [1.165, 1.54) is 10.9 Å². The summed E-state index contributed by atoms with van der Waals surface area (Å²) in [5.41, 5.74) is 7.44. The average molecular weight is 251 g/mol. The van der Waals surface area contributed by atoms with E-state index < -0.39 is 0 Å². The van der Waals surface area contributed by atoms with Crippen LogP contribution in [0.3, 0.4) is 0 Å². The maximum atomic E-state index is 9.22. The Balaban J connectivity index is 2.22. The third kappa shape index (κ3) is 1.73. The monoisotopic (exact) mass is 251 g/mol. The number of nitrogens with two attached hydrogens (primary N) is 1. The van der Waals surface area contributed by atoms with Crippen molar-refractivity contribution in [1.82, 2.24) is 14.8 Å². The van der Waals surface area contributed by atoms with Crippen LogP contribution in [-0.4, -0.2) is 14.8 Å². The van der Waals surface area contributed by atoms with E-state index in [0.717, 1.165) is 5.69 Å². The van der Waals surface area contributed by atoms with Gasteiger partial charge in [-0.1, -0.05) is 0 Å². The lowest BCUT2D eigenvalue weighted by Crippen LogP contribution is -2.02. The molecule has 3 heterocycles. The largest absolute Gasteiger partial charge is 0.463 e. The molecule has 0 radical (unpaired) electrons. The minimum Gasteiger partial charge on any atom is -0.463 e. The van der Waals surface area contributed by atoms with Crippen LogP contribution < -0.4 is 5.73 Å². The molecular formula is C13H9N5O. The highest BCUT2D eigenvalue weighted by molar-refractivity contribution is 5.70. The highest BCUT2D eigenvalue weighted by atomic mass is 16.3. The Morgan fingerprint density at radius 1 is 1.26 bits per heavy atom. The topological polar surface area (TPSA) is 93.7 Å². The molecule has 0 bridgehead atoms. The van der Waals surface area contributed by atoms with Crippen molar-refractivity contribution in [3.8, 4) is 23.2 Å². The number of aromatic nitrogens is 3. The van der Waals surface area contributed by atoms with Crippen LogP contribution in [0.5, 0.6) is 0 Å². The molecule has 0 atom stereocenters. The lowest BCUT2D eigenvalue weighted by Gasteiger charge is -2.01. The van der Waals surface area contributed by atoms with Gasteiger partial charge < -0.3 is 10.2 Å². The number of nitrogens with zero attached hydrogens (tertiary/aromatic N) is 4. The second-order valence-electron chi connectivity index (χ2n) is 3.82. The summed E-state index contributed by atoms with van der Waals surface area (Å²) in [5, 5.41) is 13.6. The van der Waals surface area contributed by atoms with Crippen LogP contribution >= 0.6 is 0 Å². The molecule has 6 heteroatoms. The third-order valence-corrected chi connectivity index (χ3v) is 2.69. The fraction of sp³-hybridized carbons (Fsp3) is 0. The molecule has 19 heavy (non-hydrogen) atoms. The number of rotatable bonds is 2. The van der Waals surface area contributed by atoms with Crippen LogP contribution in [0.15, 0.2) is 47.3 Å². The van der Waals surface area contributed by atoms with Crippen molar-refractivity contribution in [1.29, 1.82) is 5.26 Å². The van der Waals surface area contributed by atoms with Crippen molar-refractivity contribution in [2.24, 2.45) is 0 Å². The summed E-state index contributed by atoms with van der Waals surface area (Å²) in [6, 6.07) is 9.05. The van der Waals surface area contributed by atoms with E-state index in [2.05, 4.69) is 16.2 Å². The van der Waals surface area contributed by atoms with Gasteiger partial charge in [-0.05, 0) is 24.3 Å². The lowest BCUT2D eigenvalue weighted by atomic mass is 10.2. The van der Waals surface area contributed by atoms with Crippen molar-refractivity contribution in [2.45, 2.75) is 0 Å². The number of nitrogen functional groups attached to an aromatic ring is 1. The standard InChI is InChI=1S/C13H9N5O/c14-8-10-12(11-2-1-7-19-11)17-18(13(10)15)9-3-5-16-6-4-9/h1-7H,15H2. The van der Waals surface area contributed by atoms with E-state index in [0.29, 0.717) is 17.0 Å². The Hall–Kier alpha value is -3.07. The summed E-state index contributed by atoms with van der Waals surface area (Å²) in [5.74, 6) is 0.788. The highest BCUT2D eigenvalue weighted by Crippen LogP contribution is 2.28. The number of pyridine rings is 1. The van der Waals surface area contributed by atoms with Gasteiger partial charge in [0.25, 0.3) is 0 Å². The van der Waals surface area contributed by atoms with E-state index in [9.17, 15) is 5.26 Å². The molecule has 0 aromatic carbocycles. The Kier molecular flexibility index (Phi) is 2.50. The zero-order valence-corrected chi connectivity index (χ0v) is 9.82. The fourth-order valence-corrected chi connectivity index (χ4v) is 1.81. The molecule has 2 N–H and O–H groups in total. The Morgan fingerprint density at radius 2 is 2.05 bits per heavy atom. The second kappa shape index (κ2) is 4.31. The molecule has 0 aliphatic carbocycles. The van der Waals surface area contributed by atoms with Gasteiger partial charge in [0, 0.05) is 12.4 Å². The lowest BCUT2D eigenvalue weighted by molar-refractivity contribution is 0.579. The van der Waals surface area contributed by atoms with Gasteiger partial charge in [-0.25, -0.2) is 4.68 Å². The Morgan fingerprint density at radius 3 is 2.68 bits per heavy atom. The smallest absolute Gasteiger partial charge is 0.155 e. The van der Waals surface area contributed by atoms with E-state index in [-0.39, 0.29) is 5.82 Å². The molecule has 3 rings (SSSR count). The number of anilines is 1. The predicted molar refractivity (Wildman–Crippen MR) is 68.2 cm³/mol. The Labute approximate surface area is 108 Å². The van der Waals surface area contributed by atoms with E-state index in [4.69, 9.17) is 10.2 Å². The molecule has 3 aromatic rings. The quantitative estimate of drug-likeness (QED) is 0.751. The van der Waals surface area contributed by atoms with Crippen LogP contribution in [0.1, 0.15) is 5.56 Å². The summed E-state index contributed by atoms with van der Waals surface area (Å²) in [4.78, 5) is 3.93. The second-order valence-corrected chi connectivity index (χ2v) is 3.82. The zero-order chi connectivity index (χ0) is 13.2. The molecular weight excluding hydrogens is 242 g/mol. The van der Waals surface area contributed by atoms with Crippen molar-refractivity contribution in [2.75, 3.05) is 5.73 Å². The molecule has 0 saturated carbocycles. The predicted octanol–water partition coefficient (Wildman–Crippen LogP) is 1.98. The van der Waals surface area contributed by atoms with Crippen molar-refractivity contribution < 1.29 is 4.42 Å². The minimum absolute atomic E-state index is 0.278. The molecule has 0 saturated heterocycles. The molecule has 0 aliphatic rings. The SMILES string of the molecule is N#Cc1c(-c2ccco2)nn(-c2ccncc2)c1N. The van der Waals surface area contributed by atoms with Crippen LogP contribution in [0.4, 0.5) is 5.82 Å². The van der Waals surface area contributed by atoms with Gasteiger partial charge in [-0.15, -0.1) is 0 Å². The van der Waals surface area contributed by atoms with Gasteiger partial charge in [0.2, 0.25) is 0 Å². The van der Waals surface area contributed by atoms with Crippen molar-refractivity contribution >= 4 is 5.82 Å². The number of furan rings is 1. The maximum absolute atomic E-state index is 9.22. The van der Waals surface area contributed by atoms with Crippen LogP contribution in [0, 0.1) is 11.3 Å². The molecule has 0 amide bonds. The maximum Gasteiger partial charge on any atom is 0.155 e. The molecule has 3 aromatic heterocycles. The summed E-state index contributed by atoms with van der Waals surface area (Å²) in [6.07, 6.45) is 4.79. The molecule has 92 valence electrons. The number of hydrogen-bond donors (Lipinski definition) is 1. The number of hydrogen-bond acceptors (Lipinski definition) is 5. The summed E-state index contributed by atoms with van der Waals surface area (Å²) in [6.45, 7) is 0. The molecule has 0 aliphatic heterocycles. The zero-order valence-electron chi connectivity index (χ0n) is 9.82. The van der Waals surface area contributed by atoms with Crippen molar-refractivity contribution in [3.05, 3.63) is 48.5 Å². The number of nitriles is 1. The van der Waals surface area contributed by atoms with Gasteiger partial charge in [-0.3, -0.25) is 4.98 Å². The fourth-order valence-electron chi connectivity index (χ4n) is 1.81. The van der Waals surface area contributed by atoms with Gasteiger partial charge in [0.15, 0.2) is 5.76 Å². The molecule has 0 spiro atoms. The first-order valence-electron chi connectivity index (χ1n) is 5.54. The first kappa shape index (κ1) is 11.0. The van der Waals surface area contributed by atoms with Crippen LogP contribution in [-0.2, 0) is 0 Å². The normalized spacial score (nSPS) is 10.3. The first-order valence-corrected chi connectivity index (χ1v) is 5.54. The van der Waals surface area contributed by atoms with E-state index >= 15 is 0 Å². The summed E-state index contributed by atoms with van der Waals surface area (Å²) < 4.78 is 6.77. The Bertz CT molecular complexity index is 737. The van der Waals surface area contributed by atoms with E-state index in [1.54, 1.807) is 36.7 Å². The van der Waals surface area contributed by atoms with Gasteiger partial charge >= 0.3 is 0 Å². The first-order chi connectivity index (χ1) is 9.31. The van der Waals surface area contributed by atoms with Crippen LogP contribution in [0.2, 0.25) is 0 Å². The molecule has 6 nitrogen and oxygen atoms in total. The van der Waals surface area contributed by atoms with Gasteiger partial charge in [0.1, 0.15) is 23.1 Å².